The molecule has 0 saturated carbocycles. The number of nitrogens with zero attached hydrogens (tertiary/aromatic N) is 2. The second-order valence-electron chi connectivity index (χ2n) is 21.3. The Labute approximate surface area is 415 Å². The lowest BCUT2D eigenvalue weighted by molar-refractivity contribution is -0.144. The number of rotatable bonds is 17. The lowest BCUT2D eigenvalue weighted by atomic mass is 9.85. The summed E-state index contributed by atoms with van der Waals surface area (Å²) < 4.78 is 12.6. The van der Waals surface area contributed by atoms with Gasteiger partial charge in [0.05, 0.1) is 30.3 Å². The first-order valence-corrected chi connectivity index (χ1v) is 24.9. The van der Waals surface area contributed by atoms with E-state index in [0.717, 1.165) is 28.7 Å². The Hall–Kier alpha value is -5.71. The van der Waals surface area contributed by atoms with Crippen LogP contribution in [0.3, 0.4) is 0 Å². The fourth-order valence-electron chi connectivity index (χ4n) is 9.84. The fraction of sp³-hybridized carbons (Fsp3) is 0.582. The lowest BCUT2D eigenvalue weighted by Gasteiger charge is -2.37. The number of hydrogen-bond acceptors (Lipinski definition) is 10. The van der Waals surface area contributed by atoms with Crippen LogP contribution in [0.1, 0.15) is 115 Å². The molecule has 15 nitrogen and oxygen atoms in total. The van der Waals surface area contributed by atoms with Crippen LogP contribution in [0.5, 0.6) is 0 Å². The van der Waals surface area contributed by atoms with E-state index in [1.807, 2.05) is 104 Å². The molecule has 2 fully saturated rings. The number of amides is 5. The topological polar surface area (TPSA) is 182 Å². The molecule has 0 aromatic heterocycles. The molecule has 2 aromatic carbocycles. The zero-order valence-electron chi connectivity index (χ0n) is 42.9. The molecule has 2 aliphatic carbocycles. The molecule has 5 amide bonds. The van der Waals surface area contributed by atoms with Crippen molar-refractivity contribution in [2.75, 3.05) is 40.4 Å². The van der Waals surface area contributed by atoms with Crippen LogP contribution in [0, 0.1) is 34.5 Å². The number of hydrogen-bond donors (Lipinski definition) is 6. The van der Waals surface area contributed by atoms with Gasteiger partial charge in [0.1, 0.15) is 37.4 Å². The molecule has 0 bridgehead atoms. The third-order valence-corrected chi connectivity index (χ3v) is 14.2. The SMILES string of the molecule is C=C(N[C@H](C(=O)N1CCC[C@H]1C(=O)N[C@H]1c2ccccc2C[C@H]1OCC#CC#CCO[C@@H]1Cc2ccccc2[C@@H]1NC(=O)[C@@H]1CCCN1C(=O)[C@@H](NC(=O)[C@H](C)NC)C(C)(C)C)C(C)(C)C)[C@H](C)NC. The van der Waals surface area contributed by atoms with Crippen molar-refractivity contribution < 1.29 is 33.4 Å². The Balaban J connectivity index is 1.05. The molecule has 2 aromatic rings. The number of nitrogens with one attached hydrogen (secondary N) is 6. The summed E-state index contributed by atoms with van der Waals surface area (Å²) in [5, 5.41) is 18.9. The van der Waals surface area contributed by atoms with Gasteiger partial charge in [0.2, 0.25) is 29.5 Å². The van der Waals surface area contributed by atoms with Crippen molar-refractivity contribution in [1.29, 1.82) is 0 Å². The highest BCUT2D eigenvalue weighted by molar-refractivity contribution is 5.94. The van der Waals surface area contributed by atoms with E-state index in [1.165, 1.54) is 0 Å². The summed E-state index contributed by atoms with van der Waals surface area (Å²) in [6, 6.07) is 11.8. The van der Waals surface area contributed by atoms with Crippen LogP contribution in [0.4, 0.5) is 0 Å². The largest absolute Gasteiger partial charge is 0.376 e. The normalized spacial score (nSPS) is 23.3. The average molecular weight is 961 g/mol. The van der Waals surface area contributed by atoms with Crippen molar-refractivity contribution in [3.8, 4) is 23.7 Å². The van der Waals surface area contributed by atoms with Gasteiger partial charge in [-0.2, -0.15) is 0 Å². The van der Waals surface area contributed by atoms with Crippen LogP contribution in [-0.2, 0) is 46.3 Å². The number of likely N-dealkylation sites (N-methyl/N-ethyl adjacent to an activating group) is 2. The molecule has 2 saturated heterocycles. The monoisotopic (exact) mass is 961 g/mol. The summed E-state index contributed by atoms with van der Waals surface area (Å²) >= 11 is 0. The van der Waals surface area contributed by atoms with Crippen LogP contribution < -0.4 is 31.9 Å². The third-order valence-electron chi connectivity index (χ3n) is 14.2. The second-order valence-corrected chi connectivity index (χ2v) is 21.3. The molecule has 0 spiro atoms. The van der Waals surface area contributed by atoms with Gasteiger partial charge in [0.25, 0.3) is 0 Å². The van der Waals surface area contributed by atoms with Crippen molar-refractivity contribution >= 4 is 29.5 Å². The molecule has 6 N–H and O–H groups in total. The molecule has 70 heavy (non-hydrogen) atoms. The van der Waals surface area contributed by atoms with Crippen molar-refractivity contribution in [2.24, 2.45) is 10.8 Å². The molecule has 0 unspecified atom stereocenters. The van der Waals surface area contributed by atoms with Crippen molar-refractivity contribution in [1.82, 2.24) is 41.7 Å². The van der Waals surface area contributed by atoms with E-state index in [0.29, 0.717) is 50.9 Å². The van der Waals surface area contributed by atoms with Gasteiger partial charge in [0, 0.05) is 37.7 Å². The van der Waals surface area contributed by atoms with Crippen LogP contribution in [-0.4, -0.2) is 128 Å². The van der Waals surface area contributed by atoms with Crippen LogP contribution in [0.2, 0.25) is 0 Å². The number of fused-ring (bicyclic) bond motifs is 2. The van der Waals surface area contributed by atoms with E-state index in [-0.39, 0.29) is 54.9 Å². The summed E-state index contributed by atoms with van der Waals surface area (Å²) in [6.45, 7) is 20.7. The predicted molar refractivity (Wildman–Crippen MR) is 271 cm³/mol. The standard InChI is InChI=1S/C55H76N8O7/c1-34(56-10)35(2)58-47(54(4,5)6)52(67)62-28-20-26-41(62)50(65)59-45-39-24-16-14-22-37(39)32-43(45)69-30-18-12-13-19-31-70-44-33-38-23-15-17-25-40(38)46(44)60-51(66)42-27-21-29-63(42)53(68)48(55(7,8)9)61-49(64)36(3)57-11/h14-17,22-25,34,36,41-48,56-58H,2,20-21,26-33H2,1,3-11H3,(H,59,65)(H,60,66)(H,61,64)/t34-,36-,41-,42-,43+,44+,45-,46-,47+,48+/m0/s1. The molecule has 6 rings (SSSR count). The zero-order chi connectivity index (χ0) is 50.9. The summed E-state index contributed by atoms with van der Waals surface area (Å²) in [5.74, 6) is 10.6. The van der Waals surface area contributed by atoms with Gasteiger partial charge >= 0.3 is 0 Å². The summed E-state index contributed by atoms with van der Waals surface area (Å²) in [6.07, 6.45) is 2.89. The first kappa shape index (κ1) is 53.6. The van der Waals surface area contributed by atoms with E-state index >= 15 is 0 Å². The molecule has 15 heteroatoms. The van der Waals surface area contributed by atoms with Gasteiger partial charge in [-0.1, -0.05) is 108 Å². The Kier molecular flexibility index (Phi) is 18.0. The van der Waals surface area contributed by atoms with Crippen molar-refractivity contribution in [3.05, 3.63) is 83.1 Å². The van der Waals surface area contributed by atoms with Gasteiger partial charge in [-0.3, -0.25) is 24.0 Å². The minimum absolute atomic E-state index is 0.0439. The molecule has 10 atom stereocenters. The zero-order valence-corrected chi connectivity index (χ0v) is 42.9. The predicted octanol–water partition coefficient (Wildman–Crippen LogP) is 3.84. The van der Waals surface area contributed by atoms with Gasteiger partial charge in [-0.25, -0.2) is 0 Å². The number of carbonyl (C=O) groups is 5. The Bertz CT molecular complexity index is 2200. The maximum Gasteiger partial charge on any atom is 0.246 e. The van der Waals surface area contributed by atoms with E-state index in [2.05, 4.69) is 62.2 Å². The maximum atomic E-state index is 14.2. The number of carbonyl (C=O) groups excluding carboxylic acids is 5. The molecular weight excluding hydrogens is 885 g/mol. The van der Waals surface area contributed by atoms with Gasteiger partial charge < -0.3 is 51.2 Å². The smallest absolute Gasteiger partial charge is 0.246 e. The molecule has 2 aliphatic heterocycles. The molecule has 4 aliphatic rings. The van der Waals surface area contributed by atoms with E-state index in [1.54, 1.807) is 23.8 Å². The Morgan fingerprint density at radius 1 is 0.657 bits per heavy atom. The van der Waals surface area contributed by atoms with Gasteiger partial charge in [-0.15, -0.1) is 0 Å². The quantitative estimate of drug-likeness (QED) is 0.128. The number of benzene rings is 2. The average Bonchev–Trinajstić information content (AvgIpc) is 4.15. The Morgan fingerprint density at radius 2 is 1.07 bits per heavy atom. The maximum absolute atomic E-state index is 14.2. The van der Waals surface area contributed by atoms with E-state index in [9.17, 15) is 24.0 Å². The van der Waals surface area contributed by atoms with Crippen molar-refractivity contribution in [2.45, 2.75) is 154 Å². The van der Waals surface area contributed by atoms with E-state index < -0.39 is 59.2 Å². The molecular formula is C55H76N8O7. The number of ether oxygens (including phenoxy) is 2. The molecule has 378 valence electrons. The highest BCUT2D eigenvalue weighted by Crippen LogP contribution is 2.36. The van der Waals surface area contributed by atoms with Crippen LogP contribution in [0.15, 0.2) is 60.8 Å². The number of likely N-dealkylation sites (tertiary alicyclic amines) is 2. The minimum Gasteiger partial charge on any atom is -0.376 e. The summed E-state index contributed by atoms with van der Waals surface area (Å²) in [4.78, 5) is 72.7. The first-order valence-electron chi connectivity index (χ1n) is 24.9. The highest BCUT2D eigenvalue weighted by atomic mass is 16.5. The molecule has 2 heterocycles. The van der Waals surface area contributed by atoms with E-state index in [4.69, 9.17) is 9.47 Å². The fourth-order valence-corrected chi connectivity index (χ4v) is 9.84. The van der Waals surface area contributed by atoms with Gasteiger partial charge in [-0.05, 0) is 98.6 Å². The van der Waals surface area contributed by atoms with Crippen LogP contribution >= 0.6 is 0 Å². The Morgan fingerprint density at radius 3 is 1.49 bits per heavy atom. The molecule has 0 radical (unpaired) electrons. The first-order chi connectivity index (χ1) is 33.2. The second kappa shape index (κ2) is 23.5. The third kappa shape index (κ3) is 12.8. The minimum atomic E-state index is -0.812. The van der Waals surface area contributed by atoms with Gasteiger partial charge in [0.15, 0.2) is 0 Å². The summed E-state index contributed by atoms with van der Waals surface area (Å²) in [5.41, 5.74) is 3.80. The highest BCUT2D eigenvalue weighted by Gasteiger charge is 2.46. The summed E-state index contributed by atoms with van der Waals surface area (Å²) in [7, 11) is 3.54. The van der Waals surface area contributed by atoms with Crippen LogP contribution in [0.25, 0.3) is 0 Å². The lowest BCUT2D eigenvalue weighted by Crippen LogP contribution is -2.59. The van der Waals surface area contributed by atoms with Crippen molar-refractivity contribution in [3.63, 3.8) is 0 Å².